The van der Waals surface area contributed by atoms with Crippen molar-refractivity contribution in [1.82, 2.24) is 4.90 Å². The topological polar surface area (TPSA) is 67.9 Å². The molecule has 4 rings (SSSR count). The average molecular weight is 452 g/mol. The maximum absolute atomic E-state index is 13.9. The molecule has 2 amide bonds. The highest BCUT2D eigenvalue weighted by atomic mass is 19.1. The van der Waals surface area contributed by atoms with Gasteiger partial charge in [0.25, 0.3) is 11.8 Å². The van der Waals surface area contributed by atoms with Gasteiger partial charge in [-0.2, -0.15) is 0 Å². The van der Waals surface area contributed by atoms with Crippen LogP contribution >= 0.6 is 0 Å². The maximum atomic E-state index is 13.9. The molecule has 3 aromatic rings. The lowest BCUT2D eigenvalue weighted by Crippen LogP contribution is -2.40. The molecular formula is C25H22F2N2O4. The number of carbonyl (C=O) groups excluding carboxylic acids is 2. The largest absolute Gasteiger partial charge is 0.492 e. The number of carbonyl (C=O) groups is 2. The molecule has 0 fully saturated rings. The van der Waals surface area contributed by atoms with Gasteiger partial charge in [0.05, 0.1) is 12.1 Å². The highest BCUT2D eigenvalue weighted by Gasteiger charge is 2.28. The lowest BCUT2D eigenvalue weighted by atomic mass is 10.1. The molecule has 1 aliphatic heterocycles. The number of hydrogen-bond acceptors (Lipinski definition) is 4. The summed E-state index contributed by atoms with van der Waals surface area (Å²) in [7, 11) is 0. The Labute approximate surface area is 189 Å². The predicted octanol–water partition coefficient (Wildman–Crippen LogP) is 4.41. The van der Waals surface area contributed by atoms with Crippen molar-refractivity contribution in [2.45, 2.75) is 19.6 Å². The Morgan fingerprint density at radius 2 is 1.91 bits per heavy atom. The molecular weight excluding hydrogens is 430 g/mol. The van der Waals surface area contributed by atoms with Crippen molar-refractivity contribution >= 4 is 17.5 Å². The van der Waals surface area contributed by atoms with E-state index in [1.165, 1.54) is 0 Å². The molecule has 3 aromatic carbocycles. The summed E-state index contributed by atoms with van der Waals surface area (Å²) in [5.74, 6) is -1.37. The Hall–Kier alpha value is -3.94. The summed E-state index contributed by atoms with van der Waals surface area (Å²) in [4.78, 5) is 26.8. The van der Waals surface area contributed by atoms with E-state index in [2.05, 4.69) is 5.32 Å². The molecule has 8 heteroatoms. The van der Waals surface area contributed by atoms with Gasteiger partial charge in [0, 0.05) is 23.9 Å². The number of rotatable bonds is 6. The molecule has 1 atom stereocenters. The molecule has 1 aliphatic rings. The molecule has 0 aromatic heterocycles. The van der Waals surface area contributed by atoms with E-state index in [9.17, 15) is 18.4 Å². The third-order valence-corrected chi connectivity index (χ3v) is 5.19. The normalized spacial score (nSPS) is 15.3. The second-order valence-electron chi connectivity index (χ2n) is 7.58. The van der Waals surface area contributed by atoms with E-state index in [1.807, 2.05) is 30.3 Å². The molecule has 33 heavy (non-hydrogen) atoms. The zero-order chi connectivity index (χ0) is 23.4. The molecule has 0 radical (unpaired) electrons. The number of para-hydroxylation sites is 1. The van der Waals surface area contributed by atoms with Gasteiger partial charge in [0.2, 0.25) is 0 Å². The number of nitrogens with zero attached hydrogens (tertiary/aromatic N) is 1. The molecule has 0 aliphatic carbocycles. The van der Waals surface area contributed by atoms with Crippen LogP contribution in [0.1, 0.15) is 22.8 Å². The summed E-state index contributed by atoms with van der Waals surface area (Å²) >= 11 is 0. The van der Waals surface area contributed by atoms with Gasteiger partial charge in [-0.15, -0.1) is 0 Å². The molecule has 0 spiro atoms. The van der Waals surface area contributed by atoms with Crippen LogP contribution in [0.2, 0.25) is 0 Å². The lowest BCUT2D eigenvalue weighted by Gasteiger charge is -2.22. The number of anilines is 1. The molecule has 0 bridgehead atoms. The van der Waals surface area contributed by atoms with Gasteiger partial charge in [-0.3, -0.25) is 9.59 Å². The molecule has 0 saturated heterocycles. The summed E-state index contributed by atoms with van der Waals surface area (Å²) < 4.78 is 38.6. The van der Waals surface area contributed by atoms with Gasteiger partial charge in [0.15, 0.2) is 6.10 Å². The monoisotopic (exact) mass is 452 g/mol. The molecule has 0 saturated carbocycles. The first-order valence-corrected chi connectivity index (χ1v) is 10.4. The van der Waals surface area contributed by atoms with E-state index >= 15 is 0 Å². The van der Waals surface area contributed by atoms with E-state index in [4.69, 9.17) is 9.47 Å². The highest BCUT2D eigenvalue weighted by Crippen LogP contribution is 2.29. The van der Waals surface area contributed by atoms with Gasteiger partial charge in [-0.25, -0.2) is 8.78 Å². The van der Waals surface area contributed by atoms with Crippen molar-refractivity contribution in [3.8, 4) is 11.5 Å². The number of ether oxygens (including phenoxy) is 2. The van der Waals surface area contributed by atoms with Gasteiger partial charge >= 0.3 is 0 Å². The Kier molecular flexibility index (Phi) is 6.53. The summed E-state index contributed by atoms with van der Waals surface area (Å²) in [5, 5.41) is 2.61. The quantitative estimate of drug-likeness (QED) is 0.602. The third-order valence-electron chi connectivity index (χ3n) is 5.19. The summed E-state index contributed by atoms with van der Waals surface area (Å²) in [6.45, 7) is 2.58. The van der Waals surface area contributed by atoms with Gasteiger partial charge in [-0.1, -0.05) is 18.2 Å². The SMILES string of the molecule is C[C@H]1Oc2ccc(NC(=O)c3ccc(F)cc3F)cc2CN(CCOc2ccccc2)C1=O. The van der Waals surface area contributed by atoms with Crippen molar-refractivity contribution in [1.29, 1.82) is 0 Å². The van der Waals surface area contributed by atoms with E-state index in [1.54, 1.807) is 30.0 Å². The van der Waals surface area contributed by atoms with Crippen molar-refractivity contribution in [2.75, 3.05) is 18.5 Å². The number of fused-ring (bicyclic) bond motifs is 1. The van der Waals surface area contributed by atoms with Crippen LogP contribution < -0.4 is 14.8 Å². The number of nitrogens with one attached hydrogen (secondary N) is 1. The minimum atomic E-state index is -0.949. The third kappa shape index (κ3) is 5.28. The molecule has 1 N–H and O–H groups in total. The maximum Gasteiger partial charge on any atom is 0.263 e. The van der Waals surface area contributed by atoms with Crippen LogP contribution in [0.4, 0.5) is 14.5 Å². The first-order chi connectivity index (χ1) is 15.9. The summed E-state index contributed by atoms with van der Waals surface area (Å²) in [5.41, 5.74) is 0.810. The minimum absolute atomic E-state index is 0.179. The molecule has 6 nitrogen and oxygen atoms in total. The molecule has 170 valence electrons. The smallest absolute Gasteiger partial charge is 0.263 e. The van der Waals surface area contributed by atoms with E-state index < -0.39 is 23.6 Å². The lowest BCUT2D eigenvalue weighted by molar-refractivity contribution is -0.138. The number of halogens is 2. The number of benzene rings is 3. The zero-order valence-electron chi connectivity index (χ0n) is 17.9. The van der Waals surface area contributed by atoms with E-state index in [0.717, 1.165) is 12.1 Å². The Morgan fingerprint density at radius 1 is 1.12 bits per heavy atom. The van der Waals surface area contributed by atoms with Crippen molar-refractivity contribution in [3.63, 3.8) is 0 Å². The van der Waals surface area contributed by atoms with Gasteiger partial charge in [0.1, 0.15) is 29.7 Å². The van der Waals surface area contributed by atoms with Crippen LogP contribution in [0, 0.1) is 11.6 Å². The fourth-order valence-electron chi connectivity index (χ4n) is 3.53. The first kappa shape index (κ1) is 22.3. The highest BCUT2D eigenvalue weighted by molar-refractivity contribution is 6.04. The van der Waals surface area contributed by atoms with Crippen LogP contribution in [-0.2, 0) is 11.3 Å². The zero-order valence-corrected chi connectivity index (χ0v) is 17.9. The Balaban J connectivity index is 1.48. The van der Waals surface area contributed by atoms with Crippen LogP contribution in [0.3, 0.4) is 0 Å². The fraction of sp³-hybridized carbons (Fsp3) is 0.200. The fourth-order valence-corrected chi connectivity index (χ4v) is 3.53. The van der Waals surface area contributed by atoms with Gasteiger partial charge in [-0.05, 0) is 49.4 Å². The van der Waals surface area contributed by atoms with Gasteiger partial charge < -0.3 is 19.7 Å². The standard InChI is InChI=1S/C25H22F2N2O4/c1-16-25(31)29(11-12-32-20-5-3-2-4-6-20)15-17-13-19(8-10-23(17)33-16)28-24(30)21-9-7-18(26)14-22(21)27/h2-10,13-14,16H,11-12,15H2,1H3,(H,28,30)/t16-/m1/s1. The Bertz CT molecular complexity index is 1170. The summed E-state index contributed by atoms with van der Waals surface area (Å²) in [6, 6.07) is 17.0. The molecule has 1 heterocycles. The summed E-state index contributed by atoms with van der Waals surface area (Å²) in [6.07, 6.45) is -0.684. The van der Waals surface area contributed by atoms with Crippen LogP contribution in [0.15, 0.2) is 66.7 Å². The average Bonchev–Trinajstić information content (AvgIpc) is 2.90. The van der Waals surface area contributed by atoms with Crippen molar-refractivity contribution < 1.29 is 27.8 Å². The first-order valence-electron chi connectivity index (χ1n) is 10.4. The van der Waals surface area contributed by atoms with E-state index in [-0.39, 0.29) is 18.0 Å². The van der Waals surface area contributed by atoms with Crippen LogP contribution in [-0.4, -0.2) is 36.0 Å². The molecule has 0 unspecified atom stereocenters. The number of hydrogen-bond donors (Lipinski definition) is 1. The second-order valence-corrected chi connectivity index (χ2v) is 7.58. The minimum Gasteiger partial charge on any atom is -0.492 e. The van der Waals surface area contributed by atoms with E-state index in [0.29, 0.717) is 42.0 Å². The number of amides is 2. The van der Waals surface area contributed by atoms with Crippen molar-refractivity contribution in [2.24, 2.45) is 0 Å². The predicted molar refractivity (Wildman–Crippen MR) is 118 cm³/mol. The van der Waals surface area contributed by atoms with Crippen LogP contribution in [0.5, 0.6) is 11.5 Å². The van der Waals surface area contributed by atoms with Crippen molar-refractivity contribution in [3.05, 3.63) is 89.5 Å². The van der Waals surface area contributed by atoms with Crippen LogP contribution in [0.25, 0.3) is 0 Å². The Morgan fingerprint density at radius 3 is 2.67 bits per heavy atom. The second kappa shape index (κ2) is 9.68.